The highest BCUT2D eigenvalue weighted by atomic mass is 79.9. The molecule has 1 aromatic heterocycles. The first-order valence-corrected chi connectivity index (χ1v) is 7.64. The van der Waals surface area contributed by atoms with Crippen LogP contribution < -0.4 is 5.32 Å². The quantitative estimate of drug-likeness (QED) is 0.710. The van der Waals surface area contributed by atoms with E-state index in [1.165, 1.54) is 4.88 Å². The Hall–Kier alpha value is 0.900. The minimum absolute atomic E-state index is 0. The topological polar surface area (TPSA) is 15.3 Å². The number of piperazine rings is 1. The number of hydrogen-bond donors (Lipinski definition) is 1. The smallest absolute Gasteiger partial charge is 0.0843 e. The third-order valence-electron chi connectivity index (χ3n) is 2.72. The van der Waals surface area contributed by atoms with Gasteiger partial charge in [0.1, 0.15) is 0 Å². The van der Waals surface area contributed by atoms with Crippen molar-refractivity contribution in [3.05, 3.63) is 31.9 Å². The highest BCUT2D eigenvalue weighted by molar-refractivity contribution is 9.13. The molecule has 18 heavy (non-hydrogen) atoms. The summed E-state index contributed by atoms with van der Waals surface area (Å²) in [5.74, 6) is 0. The van der Waals surface area contributed by atoms with Crippen molar-refractivity contribution >= 4 is 68.0 Å². The molecular weight excluding hydrogens is 423 g/mol. The summed E-state index contributed by atoms with van der Waals surface area (Å²) in [6.45, 7) is 8.27. The van der Waals surface area contributed by atoms with E-state index in [0.717, 1.165) is 34.4 Å². The van der Waals surface area contributed by atoms with Crippen LogP contribution in [-0.4, -0.2) is 31.1 Å². The highest BCUT2D eigenvalue weighted by Gasteiger charge is 2.21. The molecule has 0 aliphatic carbocycles. The maximum atomic E-state index is 3.97. The van der Waals surface area contributed by atoms with E-state index in [1.54, 1.807) is 11.3 Å². The lowest BCUT2D eigenvalue weighted by atomic mass is 10.2. The number of hydrogen-bond acceptors (Lipinski definition) is 3. The Kier molecular flexibility index (Phi) is 9.40. The van der Waals surface area contributed by atoms with Crippen LogP contribution in [0, 0.1) is 0 Å². The molecule has 1 aliphatic heterocycles. The molecule has 0 unspecified atom stereocenters. The van der Waals surface area contributed by atoms with Crippen molar-refractivity contribution < 1.29 is 0 Å². The fourth-order valence-electron chi connectivity index (χ4n) is 1.91. The van der Waals surface area contributed by atoms with Crippen molar-refractivity contribution in [2.75, 3.05) is 26.2 Å². The third-order valence-corrected chi connectivity index (χ3v) is 6.05. The lowest BCUT2D eigenvalue weighted by Gasteiger charge is -2.32. The Labute approximate surface area is 141 Å². The summed E-state index contributed by atoms with van der Waals surface area (Å²) in [7, 11) is 0. The van der Waals surface area contributed by atoms with E-state index < -0.39 is 0 Å². The summed E-state index contributed by atoms with van der Waals surface area (Å²) >= 11 is 8.86. The Morgan fingerprint density at radius 1 is 1.33 bits per heavy atom. The van der Waals surface area contributed by atoms with E-state index in [0.29, 0.717) is 6.04 Å². The summed E-state index contributed by atoms with van der Waals surface area (Å²) in [6.07, 6.45) is 2.04. The summed E-state index contributed by atoms with van der Waals surface area (Å²) in [4.78, 5) is 3.81. The summed E-state index contributed by atoms with van der Waals surface area (Å²) in [5.41, 5.74) is 0. The molecule has 1 saturated heterocycles. The molecule has 0 bridgehead atoms. The van der Waals surface area contributed by atoms with Gasteiger partial charge in [-0.15, -0.1) is 42.7 Å². The first-order valence-electron chi connectivity index (χ1n) is 5.24. The lowest BCUT2D eigenvalue weighted by molar-refractivity contribution is 0.206. The molecule has 1 aromatic rings. The molecule has 1 aliphatic rings. The van der Waals surface area contributed by atoms with Crippen LogP contribution in [0.1, 0.15) is 10.9 Å². The van der Waals surface area contributed by atoms with Gasteiger partial charge in [-0.05, 0) is 37.9 Å². The number of halogens is 4. The predicted molar refractivity (Wildman–Crippen MR) is 91.6 cm³/mol. The third kappa shape index (κ3) is 4.47. The van der Waals surface area contributed by atoms with E-state index in [9.17, 15) is 0 Å². The minimum atomic E-state index is 0. The minimum Gasteiger partial charge on any atom is -0.314 e. The normalized spacial score (nSPS) is 17.4. The Morgan fingerprint density at radius 3 is 2.39 bits per heavy atom. The SMILES string of the molecule is C=C[C@H](c1cc(Br)c(Br)s1)N1CCNCC1.Cl.Cl. The molecule has 104 valence electrons. The molecule has 2 rings (SSSR count). The molecule has 0 aromatic carbocycles. The van der Waals surface area contributed by atoms with Crippen LogP contribution in [0.3, 0.4) is 0 Å². The molecule has 0 saturated carbocycles. The van der Waals surface area contributed by atoms with Crippen molar-refractivity contribution in [2.24, 2.45) is 0 Å². The van der Waals surface area contributed by atoms with Gasteiger partial charge < -0.3 is 5.32 Å². The Bertz CT molecular complexity index is 362. The number of nitrogens with one attached hydrogen (secondary N) is 1. The zero-order valence-corrected chi connectivity index (χ0v) is 15.3. The van der Waals surface area contributed by atoms with Crippen LogP contribution in [0.4, 0.5) is 0 Å². The van der Waals surface area contributed by atoms with Crippen LogP contribution in [-0.2, 0) is 0 Å². The summed E-state index contributed by atoms with van der Waals surface area (Å²) in [6, 6.07) is 2.53. The van der Waals surface area contributed by atoms with Crippen LogP contribution in [0.2, 0.25) is 0 Å². The fourth-order valence-corrected chi connectivity index (χ4v) is 4.14. The Balaban J connectivity index is 0.00000144. The summed E-state index contributed by atoms with van der Waals surface area (Å²) in [5, 5.41) is 3.37. The van der Waals surface area contributed by atoms with Gasteiger partial charge in [-0.25, -0.2) is 0 Å². The monoisotopic (exact) mass is 436 g/mol. The van der Waals surface area contributed by atoms with Crippen LogP contribution in [0.5, 0.6) is 0 Å². The van der Waals surface area contributed by atoms with Crippen LogP contribution >= 0.6 is 68.0 Å². The maximum Gasteiger partial charge on any atom is 0.0843 e. The van der Waals surface area contributed by atoms with Gasteiger partial charge in [-0.1, -0.05) is 6.08 Å². The average Bonchev–Trinajstić information content (AvgIpc) is 2.61. The van der Waals surface area contributed by atoms with E-state index in [1.807, 2.05) is 6.08 Å². The van der Waals surface area contributed by atoms with Crippen molar-refractivity contribution in [1.82, 2.24) is 10.2 Å². The van der Waals surface area contributed by atoms with Crippen LogP contribution in [0.15, 0.2) is 27.0 Å². The van der Waals surface area contributed by atoms with E-state index in [-0.39, 0.29) is 24.8 Å². The zero-order valence-electron chi connectivity index (χ0n) is 9.70. The highest BCUT2D eigenvalue weighted by Crippen LogP contribution is 2.37. The van der Waals surface area contributed by atoms with Crippen molar-refractivity contribution in [2.45, 2.75) is 6.04 Å². The van der Waals surface area contributed by atoms with Gasteiger partial charge in [0.05, 0.1) is 9.83 Å². The fraction of sp³-hybridized carbons (Fsp3) is 0.455. The van der Waals surface area contributed by atoms with Crippen LogP contribution in [0.25, 0.3) is 0 Å². The molecule has 1 fully saturated rings. The largest absolute Gasteiger partial charge is 0.314 e. The van der Waals surface area contributed by atoms with Gasteiger partial charge in [0.25, 0.3) is 0 Å². The van der Waals surface area contributed by atoms with Gasteiger partial charge in [0.2, 0.25) is 0 Å². The second kappa shape index (κ2) is 8.95. The van der Waals surface area contributed by atoms with Gasteiger partial charge in [-0.2, -0.15) is 0 Å². The lowest BCUT2D eigenvalue weighted by Crippen LogP contribution is -2.44. The second-order valence-corrected chi connectivity index (χ2v) is 6.99. The molecule has 7 heteroatoms. The molecule has 1 N–H and O–H groups in total. The molecule has 0 spiro atoms. The van der Waals surface area contributed by atoms with E-state index in [4.69, 9.17) is 0 Å². The number of thiophene rings is 1. The zero-order chi connectivity index (χ0) is 11.5. The van der Waals surface area contributed by atoms with Crippen molar-refractivity contribution in [3.63, 3.8) is 0 Å². The van der Waals surface area contributed by atoms with Crippen molar-refractivity contribution in [3.8, 4) is 0 Å². The van der Waals surface area contributed by atoms with Gasteiger partial charge in [0, 0.05) is 35.5 Å². The molecular formula is C11H16Br2Cl2N2S. The standard InChI is InChI=1S/C11H14Br2N2S.2ClH/c1-2-9(15-5-3-14-4-6-15)10-7-8(12)11(13)16-10;;/h2,7,9,14H,1,3-6H2;2*1H/t9-;;/m1../s1. The first-order chi connectivity index (χ1) is 7.72. The number of rotatable bonds is 3. The van der Waals surface area contributed by atoms with Gasteiger partial charge >= 0.3 is 0 Å². The molecule has 0 radical (unpaired) electrons. The average molecular weight is 439 g/mol. The van der Waals surface area contributed by atoms with Gasteiger partial charge in [-0.3, -0.25) is 4.90 Å². The predicted octanol–water partition coefficient (Wildman–Crippen LogP) is 4.25. The molecule has 0 amide bonds. The molecule has 2 heterocycles. The maximum absolute atomic E-state index is 3.97. The summed E-state index contributed by atoms with van der Waals surface area (Å²) < 4.78 is 2.29. The van der Waals surface area contributed by atoms with E-state index >= 15 is 0 Å². The Morgan fingerprint density at radius 2 is 1.94 bits per heavy atom. The number of nitrogens with zero attached hydrogens (tertiary/aromatic N) is 1. The molecule has 2 nitrogen and oxygen atoms in total. The second-order valence-electron chi connectivity index (χ2n) is 3.74. The molecule has 1 atom stereocenters. The van der Waals surface area contributed by atoms with E-state index in [2.05, 4.69) is 54.7 Å². The van der Waals surface area contributed by atoms with Crippen molar-refractivity contribution in [1.29, 1.82) is 0 Å². The first kappa shape index (κ1) is 18.9. The van der Waals surface area contributed by atoms with Gasteiger partial charge in [0.15, 0.2) is 0 Å².